The molecule has 4 nitrogen and oxygen atoms in total. The Kier molecular flexibility index (Phi) is 3.68. The fourth-order valence-electron chi connectivity index (χ4n) is 2.61. The number of hydrogen-bond donors (Lipinski definition) is 0. The number of nitriles is 1. The van der Waals surface area contributed by atoms with Crippen LogP contribution in [0, 0.1) is 11.3 Å². The van der Waals surface area contributed by atoms with E-state index in [9.17, 15) is 0 Å². The van der Waals surface area contributed by atoms with Gasteiger partial charge in [0.1, 0.15) is 11.6 Å². The van der Waals surface area contributed by atoms with Gasteiger partial charge in [-0.2, -0.15) is 5.26 Å². The molecule has 0 radical (unpaired) electrons. The van der Waals surface area contributed by atoms with Gasteiger partial charge < -0.3 is 8.98 Å². The lowest BCUT2D eigenvalue weighted by atomic mass is 10.1. The molecule has 0 aliphatic carbocycles. The molecule has 1 aromatic carbocycles. The topological polar surface area (TPSA) is 54.8 Å². The Morgan fingerprint density at radius 3 is 2.95 bits per heavy atom. The van der Waals surface area contributed by atoms with E-state index in [1.165, 1.54) is 0 Å². The minimum absolute atomic E-state index is 0.142. The minimum atomic E-state index is 0.142. The van der Waals surface area contributed by atoms with Crippen LogP contribution in [0.5, 0.6) is 0 Å². The van der Waals surface area contributed by atoms with Gasteiger partial charge >= 0.3 is 0 Å². The second-order valence-electron chi connectivity index (χ2n) is 4.98. The van der Waals surface area contributed by atoms with Crippen molar-refractivity contribution in [3.05, 3.63) is 53.7 Å². The molecule has 0 aliphatic rings. The summed E-state index contributed by atoms with van der Waals surface area (Å²) in [6.45, 7) is 2.10. The monoisotopic (exact) mass is 299 g/mol. The molecule has 21 heavy (non-hydrogen) atoms. The molecule has 106 valence electrons. The van der Waals surface area contributed by atoms with Crippen molar-refractivity contribution in [2.24, 2.45) is 0 Å². The highest BCUT2D eigenvalue weighted by Gasteiger charge is 2.17. The van der Waals surface area contributed by atoms with Gasteiger partial charge in [-0.25, -0.2) is 4.98 Å². The third-order valence-electron chi connectivity index (χ3n) is 3.53. The number of halogens is 1. The average Bonchev–Trinajstić information content (AvgIpc) is 3.12. The van der Waals surface area contributed by atoms with Crippen LogP contribution in [0.4, 0.5) is 0 Å². The van der Waals surface area contributed by atoms with E-state index in [1.807, 2.05) is 24.3 Å². The lowest BCUT2D eigenvalue weighted by Crippen LogP contribution is -2.11. The molecule has 2 heterocycles. The van der Waals surface area contributed by atoms with Crippen LogP contribution in [0.2, 0.25) is 0 Å². The molecule has 0 spiro atoms. The molecular formula is C16H14ClN3O. The van der Waals surface area contributed by atoms with Crippen molar-refractivity contribution >= 4 is 22.6 Å². The van der Waals surface area contributed by atoms with Crippen LogP contribution in [0.3, 0.4) is 0 Å². The van der Waals surface area contributed by atoms with Gasteiger partial charge in [0.2, 0.25) is 0 Å². The first-order valence-electron chi connectivity index (χ1n) is 6.72. The van der Waals surface area contributed by atoms with Crippen molar-refractivity contribution < 1.29 is 4.42 Å². The number of fused-ring (bicyclic) bond motifs is 1. The Balaban J connectivity index is 2.08. The predicted octanol–water partition coefficient (Wildman–Crippen LogP) is 4.04. The van der Waals surface area contributed by atoms with Crippen LogP contribution in [-0.4, -0.2) is 9.55 Å². The van der Waals surface area contributed by atoms with E-state index in [4.69, 9.17) is 21.3 Å². The molecule has 2 aromatic heterocycles. The van der Waals surface area contributed by atoms with Crippen LogP contribution >= 0.6 is 11.6 Å². The summed E-state index contributed by atoms with van der Waals surface area (Å²) in [6, 6.07) is 11.6. The van der Waals surface area contributed by atoms with Crippen molar-refractivity contribution in [2.75, 3.05) is 0 Å². The molecule has 0 aliphatic heterocycles. The number of nitrogens with zero attached hydrogens (tertiary/aromatic N) is 3. The zero-order valence-electron chi connectivity index (χ0n) is 11.6. The molecule has 0 bridgehead atoms. The zero-order valence-corrected chi connectivity index (χ0v) is 12.3. The summed E-state index contributed by atoms with van der Waals surface area (Å²) in [7, 11) is 0. The summed E-state index contributed by atoms with van der Waals surface area (Å²) in [5.74, 6) is 2.06. The molecule has 0 amide bonds. The van der Waals surface area contributed by atoms with E-state index in [0.29, 0.717) is 11.4 Å². The lowest BCUT2D eigenvalue weighted by molar-refractivity contribution is 0.449. The van der Waals surface area contributed by atoms with E-state index in [-0.39, 0.29) is 6.04 Å². The van der Waals surface area contributed by atoms with Crippen LogP contribution in [0.1, 0.15) is 30.1 Å². The van der Waals surface area contributed by atoms with Crippen molar-refractivity contribution in [2.45, 2.75) is 25.3 Å². The second kappa shape index (κ2) is 5.63. The predicted molar refractivity (Wildman–Crippen MR) is 81.1 cm³/mol. The Bertz CT molecular complexity index is 799. The van der Waals surface area contributed by atoms with E-state index in [1.54, 1.807) is 12.3 Å². The highest BCUT2D eigenvalue weighted by molar-refractivity contribution is 6.16. The van der Waals surface area contributed by atoms with Gasteiger partial charge in [0.05, 0.1) is 34.8 Å². The number of aromatic nitrogens is 2. The van der Waals surface area contributed by atoms with Gasteiger partial charge in [-0.1, -0.05) is 0 Å². The SMILES string of the molecule is CC(Cc1ccco1)n1c(CCl)nc2ccc(C#N)cc21. The Morgan fingerprint density at radius 1 is 1.43 bits per heavy atom. The molecular weight excluding hydrogens is 286 g/mol. The van der Waals surface area contributed by atoms with Gasteiger partial charge in [-0.15, -0.1) is 11.6 Å². The fourth-order valence-corrected chi connectivity index (χ4v) is 2.80. The maximum atomic E-state index is 9.08. The van der Waals surface area contributed by atoms with Gasteiger partial charge in [0, 0.05) is 12.5 Å². The Labute approximate surface area is 127 Å². The smallest absolute Gasteiger partial charge is 0.125 e. The minimum Gasteiger partial charge on any atom is -0.469 e. The molecule has 3 rings (SSSR count). The van der Waals surface area contributed by atoms with Crippen LogP contribution in [-0.2, 0) is 12.3 Å². The molecule has 0 N–H and O–H groups in total. The van der Waals surface area contributed by atoms with Crippen molar-refractivity contribution in [3.63, 3.8) is 0 Å². The van der Waals surface area contributed by atoms with E-state index in [2.05, 4.69) is 22.5 Å². The number of imidazole rings is 1. The number of benzene rings is 1. The van der Waals surface area contributed by atoms with Crippen molar-refractivity contribution in [1.29, 1.82) is 5.26 Å². The highest BCUT2D eigenvalue weighted by atomic mass is 35.5. The lowest BCUT2D eigenvalue weighted by Gasteiger charge is -2.16. The first-order valence-corrected chi connectivity index (χ1v) is 7.25. The van der Waals surface area contributed by atoms with Gasteiger partial charge in [-0.3, -0.25) is 0 Å². The summed E-state index contributed by atoms with van der Waals surface area (Å²) < 4.78 is 7.50. The number of hydrogen-bond acceptors (Lipinski definition) is 3. The quantitative estimate of drug-likeness (QED) is 0.683. The number of furan rings is 1. The third-order valence-corrected chi connectivity index (χ3v) is 3.77. The molecule has 0 saturated carbocycles. The van der Waals surface area contributed by atoms with Crippen LogP contribution < -0.4 is 0 Å². The van der Waals surface area contributed by atoms with E-state index < -0.39 is 0 Å². The standard InChI is InChI=1S/C16H14ClN3O/c1-11(7-13-3-2-6-21-13)20-15-8-12(10-18)4-5-14(15)19-16(20)9-17/h2-6,8,11H,7,9H2,1H3. The fraction of sp³-hybridized carbons (Fsp3) is 0.250. The average molecular weight is 300 g/mol. The highest BCUT2D eigenvalue weighted by Crippen LogP contribution is 2.25. The molecule has 0 fully saturated rings. The molecule has 0 saturated heterocycles. The summed E-state index contributed by atoms with van der Waals surface area (Å²) in [6.07, 6.45) is 2.42. The molecule has 1 atom stereocenters. The van der Waals surface area contributed by atoms with Crippen LogP contribution in [0.25, 0.3) is 11.0 Å². The Hall–Kier alpha value is -2.25. The maximum Gasteiger partial charge on any atom is 0.125 e. The van der Waals surface area contributed by atoms with Crippen LogP contribution in [0.15, 0.2) is 41.0 Å². The summed E-state index contributed by atoms with van der Waals surface area (Å²) in [4.78, 5) is 4.55. The van der Waals surface area contributed by atoms with Gasteiger partial charge in [-0.05, 0) is 37.3 Å². The maximum absolute atomic E-state index is 9.08. The number of alkyl halides is 1. The largest absolute Gasteiger partial charge is 0.469 e. The number of rotatable bonds is 4. The zero-order chi connectivity index (χ0) is 14.8. The first-order chi connectivity index (χ1) is 10.2. The van der Waals surface area contributed by atoms with E-state index >= 15 is 0 Å². The second-order valence-corrected chi connectivity index (χ2v) is 5.25. The Morgan fingerprint density at radius 2 is 2.29 bits per heavy atom. The van der Waals surface area contributed by atoms with Crippen molar-refractivity contribution in [3.8, 4) is 6.07 Å². The van der Waals surface area contributed by atoms with Gasteiger partial charge in [0.25, 0.3) is 0 Å². The summed E-state index contributed by atoms with van der Waals surface area (Å²) in [5, 5.41) is 9.08. The van der Waals surface area contributed by atoms with Crippen molar-refractivity contribution in [1.82, 2.24) is 9.55 Å². The molecule has 3 aromatic rings. The first kappa shape index (κ1) is 13.7. The summed E-state index contributed by atoms with van der Waals surface area (Å²) in [5.41, 5.74) is 2.41. The molecule has 1 unspecified atom stereocenters. The molecule has 5 heteroatoms. The third kappa shape index (κ3) is 2.53. The normalized spacial score (nSPS) is 12.4. The van der Waals surface area contributed by atoms with Gasteiger partial charge in [0.15, 0.2) is 0 Å². The van der Waals surface area contributed by atoms with E-state index in [0.717, 1.165) is 29.0 Å². The summed E-state index contributed by atoms with van der Waals surface area (Å²) >= 11 is 6.03.